The smallest absolute Gasteiger partial charge is 0.170 e. The topological polar surface area (TPSA) is 70.6 Å². The van der Waals surface area contributed by atoms with E-state index in [4.69, 9.17) is 10.9 Å². The Kier molecular flexibility index (Phi) is 4.65. The molecule has 4 heteroatoms. The van der Waals surface area contributed by atoms with Crippen molar-refractivity contribution in [1.82, 2.24) is 5.32 Å². The third-order valence-corrected chi connectivity index (χ3v) is 4.73. The van der Waals surface area contributed by atoms with Crippen molar-refractivity contribution in [1.29, 1.82) is 0 Å². The molecular weight excluding hydrogens is 250 g/mol. The van der Waals surface area contributed by atoms with Gasteiger partial charge in [-0.3, -0.25) is 0 Å². The molecule has 1 aliphatic carbocycles. The van der Waals surface area contributed by atoms with Gasteiger partial charge in [0.05, 0.1) is 0 Å². The van der Waals surface area contributed by atoms with Crippen molar-refractivity contribution in [2.24, 2.45) is 16.3 Å². The number of aryl methyl sites for hydroxylation is 1. The van der Waals surface area contributed by atoms with Gasteiger partial charge in [-0.05, 0) is 48.8 Å². The first-order valence-electron chi connectivity index (χ1n) is 7.38. The minimum absolute atomic E-state index is 0.159. The van der Waals surface area contributed by atoms with Gasteiger partial charge in [-0.2, -0.15) is 0 Å². The molecule has 1 aliphatic rings. The predicted molar refractivity (Wildman–Crippen MR) is 82.0 cm³/mol. The van der Waals surface area contributed by atoms with Crippen molar-refractivity contribution < 1.29 is 5.21 Å². The lowest BCUT2D eigenvalue weighted by atomic mass is 9.67. The average molecular weight is 275 g/mol. The van der Waals surface area contributed by atoms with Crippen LogP contribution in [0.3, 0.4) is 0 Å². The van der Waals surface area contributed by atoms with Gasteiger partial charge >= 0.3 is 0 Å². The summed E-state index contributed by atoms with van der Waals surface area (Å²) in [7, 11) is 0. The summed E-state index contributed by atoms with van der Waals surface area (Å²) in [6.45, 7) is 6.33. The summed E-state index contributed by atoms with van der Waals surface area (Å²) in [5, 5.41) is 15.3. The van der Waals surface area contributed by atoms with Crippen LogP contribution in [0.5, 0.6) is 0 Å². The summed E-state index contributed by atoms with van der Waals surface area (Å²) < 4.78 is 0. The van der Waals surface area contributed by atoms with E-state index in [9.17, 15) is 0 Å². The summed E-state index contributed by atoms with van der Waals surface area (Å²) in [6, 6.07) is 5.91. The number of benzene rings is 1. The second kappa shape index (κ2) is 6.27. The van der Waals surface area contributed by atoms with Gasteiger partial charge in [0, 0.05) is 18.7 Å². The zero-order valence-corrected chi connectivity index (χ0v) is 12.4. The molecule has 20 heavy (non-hydrogen) atoms. The van der Waals surface area contributed by atoms with Crippen LogP contribution in [0.15, 0.2) is 23.4 Å². The summed E-state index contributed by atoms with van der Waals surface area (Å²) >= 11 is 0. The van der Waals surface area contributed by atoms with Crippen molar-refractivity contribution in [3.8, 4) is 0 Å². The second-order valence-corrected chi connectivity index (χ2v) is 5.94. The van der Waals surface area contributed by atoms with Crippen molar-refractivity contribution in [3.63, 3.8) is 0 Å². The van der Waals surface area contributed by atoms with E-state index in [0.29, 0.717) is 5.41 Å². The molecule has 1 fully saturated rings. The standard InChI is InChI=1S/C16H25N3O/c1-3-16(7-4-8-16)11-18-10-14-6-5-13(9-12(14)2)15(17)19-20/h5-6,9,18,20H,3-4,7-8,10-11H2,1-2H3,(H2,17,19). The van der Waals surface area contributed by atoms with Crippen molar-refractivity contribution in [3.05, 3.63) is 34.9 Å². The molecule has 0 heterocycles. The molecule has 110 valence electrons. The van der Waals surface area contributed by atoms with Crippen molar-refractivity contribution in [2.45, 2.75) is 46.1 Å². The highest BCUT2D eigenvalue weighted by molar-refractivity contribution is 5.97. The molecule has 4 N–H and O–H groups in total. The molecule has 0 unspecified atom stereocenters. The highest BCUT2D eigenvalue weighted by atomic mass is 16.4. The number of nitrogens with two attached hydrogens (primary N) is 1. The maximum Gasteiger partial charge on any atom is 0.170 e. The quantitative estimate of drug-likeness (QED) is 0.323. The number of hydrogen-bond acceptors (Lipinski definition) is 3. The van der Waals surface area contributed by atoms with Gasteiger partial charge in [-0.25, -0.2) is 0 Å². The molecular formula is C16H25N3O. The lowest BCUT2D eigenvalue weighted by molar-refractivity contribution is 0.124. The van der Waals surface area contributed by atoms with Crippen LogP contribution in [-0.2, 0) is 6.54 Å². The first-order valence-corrected chi connectivity index (χ1v) is 7.38. The Morgan fingerprint density at radius 3 is 2.70 bits per heavy atom. The molecule has 0 atom stereocenters. The van der Waals surface area contributed by atoms with E-state index in [1.165, 1.54) is 36.8 Å². The molecule has 0 amide bonds. The van der Waals surface area contributed by atoms with Crippen molar-refractivity contribution >= 4 is 5.84 Å². The third kappa shape index (κ3) is 3.12. The Morgan fingerprint density at radius 1 is 1.45 bits per heavy atom. The molecule has 1 saturated carbocycles. The number of oxime groups is 1. The zero-order valence-electron chi connectivity index (χ0n) is 12.4. The van der Waals surface area contributed by atoms with E-state index in [1.54, 1.807) is 0 Å². The highest BCUT2D eigenvalue weighted by Crippen LogP contribution is 2.43. The van der Waals surface area contributed by atoms with Crippen LogP contribution >= 0.6 is 0 Å². The van der Waals surface area contributed by atoms with E-state index in [-0.39, 0.29) is 5.84 Å². The van der Waals surface area contributed by atoms with Gasteiger partial charge in [0.2, 0.25) is 0 Å². The lowest BCUT2D eigenvalue weighted by Crippen LogP contribution is -2.39. The number of rotatable bonds is 6. The van der Waals surface area contributed by atoms with Gasteiger partial charge in [-0.15, -0.1) is 0 Å². The van der Waals surface area contributed by atoms with Crippen LogP contribution in [0, 0.1) is 12.3 Å². The van der Waals surface area contributed by atoms with Crippen LogP contribution in [0.2, 0.25) is 0 Å². The van der Waals surface area contributed by atoms with Crippen LogP contribution in [0.4, 0.5) is 0 Å². The lowest BCUT2D eigenvalue weighted by Gasteiger charge is -2.41. The first kappa shape index (κ1) is 14.9. The molecule has 4 nitrogen and oxygen atoms in total. The fourth-order valence-electron chi connectivity index (χ4n) is 2.91. The first-order chi connectivity index (χ1) is 9.60. The fraction of sp³-hybridized carbons (Fsp3) is 0.562. The van der Waals surface area contributed by atoms with E-state index in [0.717, 1.165) is 18.7 Å². The summed E-state index contributed by atoms with van der Waals surface area (Å²) in [5.41, 5.74) is 9.34. The van der Waals surface area contributed by atoms with Gasteiger partial charge in [0.15, 0.2) is 5.84 Å². The maximum atomic E-state index is 8.69. The minimum atomic E-state index is 0.159. The molecule has 0 aromatic heterocycles. The van der Waals surface area contributed by atoms with Crippen LogP contribution in [0.25, 0.3) is 0 Å². The van der Waals surface area contributed by atoms with Crippen LogP contribution in [-0.4, -0.2) is 17.6 Å². The van der Waals surface area contributed by atoms with Crippen LogP contribution < -0.4 is 11.1 Å². The Labute approximate surface area is 121 Å². The molecule has 1 aromatic rings. The maximum absolute atomic E-state index is 8.69. The van der Waals surface area contributed by atoms with Crippen molar-refractivity contribution in [2.75, 3.05) is 6.54 Å². The number of hydrogen-bond donors (Lipinski definition) is 3. The predicted octanol–water partition coefficient (Wildman–Crippen LogP) is 2.76. The Balaban J connectivity index is 1.93. The molecule has 0 aliphatic heterocycles. The Bertz CT molecular complexity index is 487. The van der Waals surface area contributed by atoms with Gasteiger partial charge in [0.1, 0.15) is 0 Å². The average Bonchev–Trinajstić information content (AvgIpc) is 2.42. The molecule has 0 radical (unpaired) electrons. The summed E-state index contributed by atoms with van der Waals surface area (Å²) in [5.74, 6) is 0.159. The summed E-state index contributed by atoms with van der Waals surface area (Å²) in [6.07, 6.45) is 5.36. The van der Waals surface area contributed by atoms with E-state index < -0.39 is 0 Å². The van der Waals surface area contributed by atoms with Gasteiger partial charge in [-0.1, -0.05) is 30.6 Å². The monoisotopic (exact) mass is 275 g/mol. The molecule has 0 saturated heterocycles. The van der Waals surface area contributed by atoms with Gasteiger partial charge < -0.3 is 16.3 Å². The Morgan fingerprint density at radius 2 is 2.20 bits per heavy atom. The SMILES string of the molecule is CCC1(CNCc2ccc(/C(N)=N/O)cc2C)CCC1. The number of nitrogens with one attached hydrogen (secondary N) is 1. The summed E-state index contributed by atoms with van der Waals surface area (Å²) in [4.78, 5) is 0. The normalized spacial score (nSPS) is 17.8. The molecule has 0 bridgehead atoms. The number of nitrogens with zero attached hydrogens (tertiary/aromatic N) is 1. The second-order valence-electron chi connectivity index (χ2n) is 5.94. The van der Waals surface area contributed by atoms with Crippen LogP contribution in [0.1, 0.15) is 49.3 Å². The molecule has 2 rings (SSSR count). The van der Waals surface area contributed by atoms with E-state index in [2.05, 4.69) is 30.4 Å². The Hall–Kier alpha value is -1.55. The zero-order chi connectivity index (χ0) is 14.6. The fourth-order valence-corrected chi connectivity index (χ4v) is 2.91. The minimum Gasteiger partial charge on any atom is -0.409 e. The van der Waals surface area contributed by atoms with Gasteiger partial charge in [0.25, 0.3) is 0 Å². The largest absolute Gasteiger partial charge is 0.409 e. The van der Waals surface area contributed by atoms with E-state index >= 15 is 0 Å². The third-order valence-electron chi connectivity index (χ3n) is 4.73. The van der Waals surface area contributed by atoms with E-state index in [1.807, 2.05) is 12.1 Å². The molecule has 1 aromatic carbocycles. The number of amidine groups is 1. The molecule has 0 spiro atoms. The highest BCUT2D eigenvalue weighted by Gasteiger charge is 2.34.